The minimum atomic E-state index is -0.133. The largest absolute Gasteiger partial charge is 0.364 e. The van der Waals surface area contributed by atoms with Crippen molar-refractivity contribution in [2.45, 2.75) is 32.7 Å². The summed E-state index contributed by atoms with van der Waals surface area (Å²) in [4.78, 5) is 28.8. The maximum atomic E-state index is 12.7. The number of thiophene rings is 1. The predicted molar refractivity (Wildman–Crippen MR) is 108 cm³/mol. The second kappa shape index (κ2) is 7.59. The first kappa shape index (κ1) is 18.4. The third kappa shape index (κ3) is 3.45. The second-order valence-electron chi connectivity index (χ2n) is 6.94. The van der Waals surface area contributed by atoms with Crippen LogP contribution < -0.4 is 5.32 Å². The van der Waals surface area contributed by atoms with Gasteiger partial charge in [0.1, 0.15) is 6.26 Å². The number of anilines is 1. The number of rotatable bonds is 4. The Hall–Kier alpha value is -2.93. The predicted octanol–water partition coefficient (Wildman–Crippen LogP) is 4.58. The fraction of sp³-hybridized carbons (Fsp3) is 0.286. The van der Waals surface area contributed by atoms with Gasteiger partial charge in [-0.1, -0.05) is 17.3 Å². The van der Waals surface area contributed by atoms with Crippen LogP contribution in [0.4, 0.5) is 5.69 Å². The van der Waals surface area contributed by atoms with E-state index in [0.717, 1.165) is 34.5 Å². The highest BCUT2D eigenvalue weighted by Gasteiger charge is 2.33. The summed E-state index contributed by atoms with van der Waals surface area (Å²) in [5.74, 6) is -0.261. The molecular weight excluding hydrogens is 374 g/mol. The Morgan fingerprint density at radius 2 is 2.07 bits per heavy atom. The van der Waals surface area contributed by atoms with Gasteiger partial charge in [0, 0.05) is 23.2 Å². The standard InChI is InChI=1S/C21H21N3O3S/c1-13-5-3-6-15(14(13)2)22-20(25)19-9-8-18(28-19)17-7-4-11-24(17)21(26)16-10-12-27-23-16/h3,5-6,8-10,12,17H,4,7,11H2,1-2H3,(H,22,25). The van der Waals surface area contributed by atoms with Gasteiger partial charge < -0.3 is 14.7 Å². The maximum Gasteiger partial charge on any atom is 0.276 e. The van der Waals surface area contributed by atoms with Gasteiger partial charge in [0.2, 0.25) is 0 Å². The van der Waals surface area contributed by atoms with Gasteiger partial charge in [0.25, 0.3) is 11.8 Å². The molecule has 0 saturated carbocycles. The molecule has 0 aliphatic carbocycles. The van der Waals surface area contributed by atoms with Gasteiger partial charge in [-0.25, -0.2) is 0 Å². The van der Waals surface area contributed by atoms with Crippen LogP contribution in [-0.4, -0.2) is 28.4 Å². The van der Waals surface area contributed by atoms with Crippen LogP contribution in [0.15, 0.2) is 47.2 Å². The highest BCUT2D eigenvalue weighted by molar-refractivity contribution is 7.14. The lowest BCUT2D eigenvalue weighted by Gasteiger charge is -2.22. The van der Waals surface area contributed by atoms with Crippen LogP contribution in [0.25, 0.3) is 0 Å². The molecule has 1 aliphatic heterocycles. The minimum absolute atomic E-state index is 0.0311. The number of hydrogen-bond acceptors (Lipinski definition) is 5. The molecule has 1 aliphatic rings. The van der Waals surface area contributed by atoms with Crippen LogP contribution >= 0.6 is 11.3 Å². The number of carbonyl (C=O) groups is 2. The van der Waals surface area contributed by atoms with Gasteiger partial charge in [-0.3, -0.25) is 9.59 Å². The van der Waals surface area contributed by atoms with Crippen LogP contribution in [0, 0.1) is 13.8 Å². The third-order valence-electron chi connectivity index (χ3n) is 5.20. The number of nitrogens with zero attached hydrogens (tertiary/aromatic N) is 2. The quantitative estimate of drug-likeness (QED) is 0.701. The van der Waals surface area contributed by atoms with Gasteiger partial charge in [-0.05, 0) is 56.0 Å². The molecular formula is C21H21N3O3S. The molecule has 2 aromatic heterocycles. The first-order valence-corrected chi connectivity index (χ1v) is 10.0. The van der Waals surface area contributed by atoms with Crippen molar-refractivity contribution < 1.29 is 14.1 Å². The van der Waals surface area contributed by atoms with Crippen molar-refractivity contribution in [3.05, 3.63) is 69.2 Å². The molecule has 7 heteroatoms. The Labute approximate surface area is 167 Å². The van der Waals surface area contributed by atoms with E-state index in [-0.39, 0.29) is 17.9 Å². The molecule has 144 valence electrons. The number of aryl methyl sites for hydroxylation is 1. The highest BCUT2D eigenvalue weighted by Crippen LogP contribution is 2.37. The lowest BCUT2D eigenvalue weighted by molar-refractivity contribution is 0.0727. The average molecular weight is 395 g/mol. The molecule has 3 aromatic rings. The molecule has 4 rings (SSSR count). The summed E-state index contributed by atoms with van der Waals surface area (Å²) < 4.78 is 4.80. The van der Waals surface area contributed by atoms with Gasteiger partial charge in [-0.2, -0.15) is 0 Å². The molecule has 0 radical (unpaired) electrons. The lowest BCUT2D eigenvalue weighted by Crippen LogP contribution is -2.30. The van der Waals surface area contributed by atoms with Gasteiger partial charge in [0.15, 0.2) is 5.69 Å². The summed E-state index contributed by atoms with van der Waals surface area (Å²) >= 11 is 1.44. The van der Waals surface area contributed by atoms with Crippen LogP contribution in [0.3, 0.4) is 0 Å². The van der Waals surface area contributed by atoms with Crippen molar-refractivity contribution in [2.24, 2.45) is 0 Å². The number of hydrogen-bond donors (Lipinski definition) is 1. The van der Waals surface area contributed by atoms with E-state index in [1.54, 1.807) is 6.07 Å². The molecule has 1 unspecified atom stereocenters. The molecule has 28 heavy (non-hydrogen) atoms. The summed E-state index contributed by atoms with van der Waals surface area (Å²) in [6.07, 6.45) is 3.21. The Morgan fingerprint density at radius 3 is 2.86 bits per heavy atom. The second-order valence-corrected chi connectivity index (χ2v) is 8.06. The Balaban J connectivity index is 1.51. The number of nitrogens with one attached hydrogen (secondary N) is 1. The molecule has 0 bridgehead atoms. The van der Waals surface area contributed by atoms with E-state index >= 15 is 0 Å². The van der Waals surface area contributed by atoms with Crippen LogP contribution in [0.5, 0.6) is 0 Å². The van der Waals surface area contributed by atoms with Crippen molar-refractivity contribution in [3.63, 3.8) is 0 Å². The molecule has 1 atom stereocenters. The zero-order valence-corrected chi connectivity index (χ0v) is 16.6. The normalized spacial score (nSPS) is 16.4. The molecule has 1 aromatic carbocycles. The molecule has 6 nitrogen and oxygen atoms in total. The van der Waals surface area contributed by atoms with Crippen molar-refractivity contribution in [2.75, 3.05) is 11.9 Å². The van der Waals surface area contributed by atoms with Crippen molar-refractivity contribution >= 4 is 28.8 Å². The summed E-state index contributed by atoms with van der Waals surface area (Å²) in [6, 6.07) is 11.2. The first-order chi connectivity index (χ1) is 13.5. The number of aromatic nitrogens is 1. The Kier molecular flexibility index (Phi) is 5.00. The zero-order valence-electron chi connectivity index (χ0n) is 15.8. The first-order valence-electron chi connectivity index (χ1n) is 9.23. The Bertz CT molecular complexity index is 1010. The molecule has 0 spiro atoms. The summed E-state index contributed by atoms with van der Waals surface area (Å²) in [7, 11) is 0. The van der Waals surface area contributed by atoms with Gasteiger partial charge >= 0.3 is 0 Å². The summed E-state index contributed by atoms with van der Waals surface area (Å²) in [6.45, 7) is 4.70. The highest BCUT2D eigenvalue weighted by atomic mass is 32.1. The average Bonchev–Trinajstić information content (AvgIpc) is 3.45. The van der Waals surface area contributed by atoms with E-state index in [9.17, 15) is 9.59 Å². The molecule has 2 amide bonds. The Morgan fingerprint density at radius 1 is 1.21 bits per heavy atom. The number of amides is 2. The lowest BCUT2D eigenvalue weighted by atomic mass is 10.1. The molecule has 1 fully saturated rings. The van der Waals surface area contributed by atoms with E-state index in [1.165, 1.54) is 17.6 Å². The van der Waals surface area contributed by atoms with Crippen molar-refractivity contribution in [1.29, 1.82) is 0 Å². The molecule has 3 heterocycles. The minimum Gasteiger partial charge on any atom is -0.364 e. The van der Waals surface area contributed by atoms with E-state index in [1.807, 2.05) is 49.1 Å². The summed E-state index contributed by atoms with van der Waals surface area (Å²) in [5, 5.41) is 6.75. The van der Waals surface area contributed by atoms with Gasteiger partial charge in [0.05, 0.1) is 10.9 Å². The number of likely N-dealkylation sites (tertiary alicyclic amines) is 1. The molecule has 1 saturated heterocycles. The van der Waals surface area contributed by atoms with E-state index in [2.05, 4.69) is 10.5 Å². The van der Waals surface area contributed by atoms with E-state index in [0.29, 0.717) is 17.1 Å². The van der Waals surface area contributed by atoms with Crippen molar-refractivity contribution in [1.82, 2.24) is 10.1 Å². The van der Waals surface area contributed by atoms with Gasteiger partial charge in [-0.15, -0.1) is 11.3 Å². The fourth-order valence-corrected chi connectivity index (χ4v) is 4.55. The monoisotopic (exact) mass is 395 g/mol. The fourth-order valence-electron chi connectivity index (χ4n) is 3.50. The molecule has 1 N–H and O–H groups in total. The number of carbonyl (C=O) groups excluding carboxylic acids is 2. The zero-order chi connectivity index (χ0) is 19.7. The summed E-state index contributed by atoms with van der Waals surface area (Å²) in [5.41, 5.74) is 3.34. The SMILES string of the molecule is Cc1cccc(NC(=O)c2ccc(C3CCCN3C(=O)c3ccon3)s2)c1C. The topological polar surface area (TPSA) is 75.4 Å². The third-order valence-corrected chi connectivity index (χ3v) is 6.39. The number of benzene rings is 1. The smallest absolute Gasteiger partial charge is 0.276 e. The maximum absolute atomic E-state index is 12.7. The van der Waals surface area contributed by atoms with Crippen LogP contribution in [0.1, 0.15) is 55.0 Å². The van der Waals surface area contributed by atoms with Crippen molar-refractivity contribution in [3.8, 4) is 0 Å². The van der Waals surface area contributed by atoms with E-state index in [4.69, 9.17) is 4.52 Å². The van der Waals surface area contributed by atoms with Crippen LogP contribution in [0.2, 0.25) is 0 Å². The van der Waals surface area contributed by atoms with Crippen LogP contribution in [-0.2, 0) is 0 Å². The van der Waals surface area contributed by atoms with E-state index < -0.39 is 0 Å².